The summed E-state index contributed by atoms with van der Waals surface area (Å²) in [7, 11) is 0. The van der Waals surface area contributed by atoms with Crippen molar-refractivity contribution >= 4 is 11.6 Å². The van der Waals surface area contributed by atoms with Gasteiger partial charge >= 0.3 is 0 Å². The molecular formula is C12H13NO2. The molecule has 0 aliphatic heterocycles. The zero-order valence-corrected chi connectivity index (χ0v) is 8.69. The van der Waals surface area contributed by atoms with Crippen molar-refractivity contribution in [1.29, 1.82) is 0 Å². The molecule has 1 aliphatic carbocycles. The number of carbonyl (C=O) groups excluding carboxylic acids is 2. The molecule has 0 N–H and O–H groups in total. The Bertz CT molecular complexity index is 412. The number of pyridine rings is 1. The number of rotatable bonds is 2. The van der Waals surface area contributed by atoms with Gasteiger partial charge in [-0.25, -0.2) is 0 Å². The van der Waals surface area contributed by atoms with Crippen LogP contribution in [0.4, 0.5) is 0 Å². The molecule has 1 saturated carbocycles. The van der Waals surface area contributed by atoms with Crippen LogP contribution in [0.15, 0.2) is 18.5 Å². The Morgan fingerprint density at radius 3 is 2.93 bits per heavy atom. The van der Waals surface area contributed by atoms with E-state index in [0.717, 1.165) is 5.56 Å². The molecule has 0 amide bonds. The fourth-order valence-electron chi connectivity index (χ4n) is 1.98. The first-order chi connectivity index (χ1) is 7.18. The van der Waals surface area contributed by atoms with Crippen LogP contribution in [0.25, 0.3) is 0 Å². The molecule has 78 valence electrons. The molecule has 0 spiro atoms. The molecule has 2 rings (SSSR count). The predicted molar refractivity (Wildman–Crippen MR) is 55.7 cm³/mol. The third kappa shape index (κ3) is 1.96. The van der Waals surface area contributed by atoms with Crippen molar-refractivity contribution in [2.45, 2.75) is 26.2 Å². The quantitative estimate of drug-likeness (QED) is 0.690. The van der Waals surface area contributed by atoms with Crippen LogP contribution in [-0.2, 0) is 4.79 Å². The van der Waals surface area contributed by atoms with Crippen molar-refractivity contribution in [2.75, 3.05) is 0 Å². The highest BCUT2D eigenvalue weighted by atomic mass is 16.1. The molecular weight excluding hydrogens is 190 g/mol. The molecule has 1 aromatic heterocycles. The molecule has 15 heavy (non-hydrogen) atoms. The largest absolute Gasteiger partial charge is 0.300 e. The second-order valence-corrected chi connectivity index (χ2v) is 4.03. The lowest BCUT2D eigenvalue weighted by Gasteiger charge is -2.08. The lowest BCUT2D eigenvalue weighted by molar-refractivity contribution is -0.117. The summed E-state index contributed by atoms with van der Waals surface area (Å²) in [5, 5.41) is 0. The molecule has 3 heteroatoms. The number of Topliss-reactive ketones (excluding diaryl/α,β-unsaturated/α-hetero) is 2. The number of hydrogen-bond donors (Lipinski definition) is 0. The van der Waals surface area contributed by atoms with Crippen LogP contribution in [0.1, 0.15) is 35.2 Å². The zero-order valence-electron chi connectivity index (χ0n) is 8.69. The van der Waals surface area contributed by atoms with Crippen LogP contribution in [-0.4, -0.2) is 16.6 Å². The summed E-state index contributed by atoms with van der Waals surface area (Å²) in [5.41, 5.74) is 1.60. The molecule has 0 aromatic carbocycles. The van der Waals surface area contributed by atoms with Gasteiger partial charge in [-0.1, -0.05) is 0 Å². The predicted octanol–water partition coefficient (Wildman–Crippen LogP) is 1.94. The molecule has 1 aliphatic rings. The minimum absolute atomic E-state index is 0.0754. The highest BCUT2D eigenvalue weighted by molar-refractivity contribution is 6.02. The topological polar surface area (TPSA) is 47.0 Å². The van der Waals surface area contributed by atoms with Crippen LogP contribution in [0.5, 0.6) is 0 Å². The van der Waals surface area contributed by atoms with E-state index >= 15 is 0 Å². The summed E-state index contributed by atoms with van der Waals surface area (Å²) in [6.45, 7) is 1.89. The van der Waals surface area contributed by atoms with E-state index in [1.165, 1.54) is 0 Å². The Kier molecular flexibility index (Phi) is 2.62. The lowest BCUT2D eigenvalue weighted by Crippen LogP contribution is -2.13. The summed E-state index contributed by atoms with van der Waals surface area (Å²) in [5.74, 6) is 0.168. The SMILES string of the molecule is Cc1ccncc1C(=O)C1CCC(=O)C1. The van der Waals surface area contributed by atoms with Crippen molar-refractivity contribution in [3.8, 4) is 0 Å². The molecule has 1 atom stereocenters. The minimum atomic E-state index is -0.111. The van der Waals surface area contributed by atoms with E-state index in [0.29, 0.717) is 24.8 Å². The second kappa shape index (κ2) is 3.93. The molecule has 0 bridgehead atoms. The van der Waals surface area contributed by atoms with Gasteiger partial charge in [0, 0.05) is 36.7 Å². The summed E-state index contributed by atoms with van der Waals surface area (Å²) in [6, 6.07) is 1.82. The van der Waals surface area contributed by atoms with Gasteiger partial charge in [0.2, 0.25) is 0 Å². The number of hydrogen-bond acceptors (Lipinski definition) is 3. The van der Waals surface area contributed by atoms with E-state index in [1.54, 1.807) is 12.4 Å². The third-order valence-electron chi connectivity index (χ3n) is 2.92. The molecule has 3 nitrogen and oxygen atoms in total. The van der Waals surface area contributed by atoms with Gasteiger partial charge in [0.15, 0.2) is 5.78 Å². The van der Waals surface area contributed by atoms with Crippen LogP contribution in [0.3, 0.4) is 0 Å². The average molecular weight is 203 g/mol. The Morgan fingerprint density at radius 1 is 1.53 bits per heavy atom. The van der Waals surface area contributed by atoms with Gasteiger partial charge in [0.1, 0.15) is 5.78 Å². The van der Waals surface area contributed by atoms with E-state index < -0.39 is 0 Å². The van der Waals surface area contributed by atoms with Gasteiger partial charge in [-0.15, -0.1) is 0 Å². The normalized spacial score (nSPS) is 20.6. The number of nitrogens with zero attached hydrogens (tertiary/aromatic N) is 1. The van der Waals surface area contributed by atoms with Crippen LogP contribution in [0.2, 0.25) is 0 Å². The standard InChI is InChI=1S/C12H13NO2/c1-8-4-5-13-7-11(8)12(15)9-2-3-10(14)6-9/h4-5,7,9H,2-3,6H2,1H3. The van der Waals surface area contributed by atoms with Crippen molar-refractivity contribution in [1.82, 2.24) is 4.98 Å². The van der Waals surface area contributed by atoms with Crippen LogP contribution >= 0.6 is 0 Å². The highest BCUT2D eigenvalue weighted by Gasteiger charge is 2.29. The maximum atomic E-state index is 12.0. The van der Waals surface area contributed by atoms with Crippen molar-refractivity contribution in [3.63, 3.8) is 0 Å². The van der Waals surface area contributed by atoms with E-state index in [4.69, 9.17) is 0 Å². The molecule has 1 aromatic rings. The molecule has 0 radical (unpaired) electrons. The van der Waals surface area contributed by atoms with Gasteiger partial charge < -0.3 is 0 Å². The van der Waals surface area contributed by atoms with Gasteiger partial charge in [-0.3, -0.25) is 14.6 Å². The second-order valence-electron chi connectivity index (χ2n) is 4.03. The summed E-state index contributed by atoms with van der Waals surface area (Å²) < 4.78 is 0. The fraction of sp³-hybridized carbons (Fsp3) is 0.417. The first kappa shape index (κ1) is 10.0. The van der Waals surface area contributed by atoms with Gasteiger partial charge in [-0.05, 0) is 25.0 Å². The highest BCUT2D eigenvalue weighted by Crippen LogP contribution is 2.26. The third-order valence-corrected chi connectivity index (χ3v) is 2.92. The fourth-order valence-corrected chi connectivity index (χ4v) is 1.98. The van der Waals surface area contributed by atoms with E-state index in [2.05, 4.69) is 4.98 Å². The number of carbonyl (C=O) groups is 2. The van der Waals surface area contributed by atoms with Crippen molar-refractivity contribution in [3.05, 3.63) is 29.6 Å². The van der Waals surface area contributed by atoms with Crippen LogP contribution < -0.4 is 0 Å². The monoisotopic (exact) mass is 203 g/mol. The molecule has 1 heterocycles. The van der Waals surface area contributed by atoms with E-state index in [9.17, 15) is 9.59 Å². The molecule has 1 fully saturated rings. The first-order valence-corrected chi connectivity index (χ1v) is 5.15. The van der Waals surface area contributed by atoms with Crippen molar-refractivity contribution in [2.24, 2.45) is 5.92 Å². The molecule has 1 unspecified atom stereocenters. The zero-order chi connectivity index (χ0) is 10.8. The number of aryl methyl sites for hydroxylation is 1. The maximum Gasteiger partial charge on any atom is 0.168 e. The Hall–Kier alpha value is -1.51. The Morgan fingerprint density at radius 2 is 2.33 bits per heavy atom. The average Bonchev–Trinajstić information content (AvgIpc) is 2.65. The van der Waals surface area contributed by atoms with Gasteiger partial charge in [0.25, 0.3) is 0 Å². The number of ketones is 2. The smallest absolute Gasteiger partial charge is 0.168 e. The summed E-state index contributed by atoms with van der Waals surface area (Å²) >= 11 is 0. The van der Waals surface area contributed by atoms with Crippen molar-refractivity contribution < 1.29 is 9.59 Å². The summed E-state index contributed by atoms with van der Waals surface area (Å²) in [6.07, 6.45) is 4.93. The maximum absolute atomic E-state index is 12.0. The summed E-state index contributed by atoms with van der Waals surface area (Å²) in [4.78, 5) is 27.1. The van der Waals surface area contributed by atoms with Gasteiger partial charge in [0.05, 0.1) is 0 Å². The molecule has 0 saturated heterocycles. The van der Waals surface area contributed by atoms with E-state index in [-0.39, 0.29) is 17.5 Å². The van der Waals surface area contributed by atoms with E-state index in [1.807, 2.05) is 13.0 Å². The Labute approximate surface area is 88.5 Å². The Balaban J connectivity index is 2.21. The minimum Gasteiger partial charge on any atom is -0.300 e. The van der Waals surface area contributed by atoms with Crippen LogP contribution in [0, 0.1) is 12.8 Å². The lowest BCUT2D eigenvalue weighted by atomic mass is 9.95. The number of aromatic nitrogens is 1. The van der Waals surface area contributed by atoms with Gasteiger partial charge in [-0.2, -0.15) is 0 Å². The first-order valence-electron chi connectivity index (χ1n) is 5.15.